The first-order valence-corrected chi connectivity index (χ1v) is 11.2. The van der Waals surface area contributed by atoms with Gasteiger partial charge in [0.2, 0.25) is 0 Å². The van der Waals surface area contributed by atoms with E-state index < -0.39 is 11.7 Å². The van der Waals surface area contributed by atoms with Crippen molar-refractivity contribution in [3.05, 3.63) is 111 Å². The summed E-state index contributed by atoms with van der Waals surface area (Å²) in [7, 11) is 0. The summed E-state index contributed by atoms with van der Waals surface area (Å²) in [6.45, 7) is 2.03. The highest BCUT2D eigenvalue weighted by molar-refractivity contribution is 6.30. The minimum Gasteiger partial charge on any atom is -0.298 e. The summed E-state index contributed by atoms with van der Waals surface area (Å²) in [4.78, 5) is 2.27. The van der Waals surface area contributed by atoms with Crippen molar-refractivity contribution in [3.63, 3.8) is 0 Å². The smallest absolute Gasteiger partial charge is 0.298 e. The molecule has 0 spiro atoms. The Morgan fingerprint density at radius 2 is 1.38 bits per heavy atom. The van der Waals surface area contributed by atoms with Gasteiger partial charge in [-0.25, -0.2) is 0 Å². The van der Waals surface area contributed by atoms with Gasteiger partial charge in [0.05, 0.1) is 5.56 Å². The average Bonchev–Trinajstić information content (AvgIpc) is 2.79. The molecule has 1 aliphatic heterocycles. The second-order valence-electron chi connectivity index (χ2n) is 7.94. The highest BCUT2D eigenvalue weighted by Gasteiger charge is 2.34. The van der Waals surface area contributed by atoms with Gasteiger partial charge in [-0.3, -0.25) is 4.90 Å². The fourth-order valence-corrected chi connectivity index (χ4v) is 4.44. The molecule has 166 valence electrons. The second-order valence-corrected chi connectivity index (χ2v) is 8.81. The Morgan fingerprint density at radius 1 is 0.812 bits per heavy atom. The van der Waals surface area contributed by atoms with Crippen LogP contribution in [0.1, 0.15) is 34.6 Å². The number of alkyl halides is 3. The van der Waals surface area contributed by atoms with Crippen LogP contribution in [0.25, 0.3) is 5.57 Å². The molecule has 6 heteroatoms. The molecule has 1 nitrogen and oxygen atoms in total. The van der Waals surface area contributed by atoms with E-state index in [2.05, 4.69) is 4.90 Å². The summed E-state index contributed by atoms with van der Waals surface area (Å²) in [5.41, 5.74) is 2.73. The van der Waals surface area contributed by atoms with Crippen LogP contribution in [-0.2, 0) is 6.18 Å². The molecule has 0 aromatic heterocycles. The van der Waals surface area contributed by atoms with Crippen LogP contribution in [0.2, 0.25) is 10.0 Å². The molecule has 0 fully saturated rings. The standard InChI is InChI=1S/C26H22Cl2F3N/c27-21-9-5-18(6-10-21)24(19-7-11-22(28)12-8-19)17-32-15-13-20(14-16-32)23-3-1-2-4-25(23)26(29,30)31/h1-13,24H,14-17H2. The van der Waals surface area contributed by atoms with Gasteiger partial charge in [-0.1, -0.05) is 71.7 Å². The van der Waals surface area contributed by atoms with Crippen molar-refractivity contribution in [2.75, 3.05) is 19.6 Å². The van der Waals surface area contributed by atoms with Crippen LogP contribution in [0.5, 0.6) is 0 Å². The third kappa shape index (κ3) is 5.37. The normalized spacial score (nSPS) is 15.1. The molecule has 0 aliphatic carbocycles. The fourth-order valence-electron chi connectivity index (χ4n) is 4.18. The molecule has 0 saturated heterocycles. The third-order valence-electron chi connectivity index (χ3n) is 5.86. The topological polar surface area (TPSA) is 3.24 Å². The van der Waals surface area contributed by atoms with Gasteiger partial charge in [-0.15, -0.1) is 0 Å². The summed E-state index contributed by atoms with van der Waals surface area (Å²) in [6.07, 6.45) is -1.86. The van der Waals surface area contributed by atoms with Gasteiger partial charge in [0.15, 0.2) is 0 Å². The largest absolute Gasteiger partial charge is 0.416 e. The number of halogens is 5. The summed E-state index contributed by atoms with van der Waals surface area (Å²) in [5, 5.41) is 1.36. The van der Waals surface area contributed by atoms with Gasteiger partial charge < -0.3 is 0 Å². The number of rotatable bonds is 5. The SMILES string of the molecule is FC(F)(F)c1ccccc1C1=CCN(CC(c2ccc(Cl)cc2)c2ccc(Cl)cc2)CC1. The maximum absolute atomic E-state index is 13.4. The number of benzene rings is 3. The maximum atomic E-state index is 13.4. The number of hydrogen-bond acceptors (Lipinski definition) is 1. The first-order valence-electron chi connectivity index (χ1n) is 10.4. The van der Waals surface area contributed by atoms with Crippen LogP contribution in [-0.4, -0.2) is 24.5 Å². The van der Waals surface area contributed by atoms with Crippen LogP contribution < -0.4 is 0 Å². The lowest BCUT2D eigenvalue weighted by Crippen LogP contribution is -2.33. The van der Waals surface area contributed by atoms with Gasteiger partial charge in [-0.05, 0) is 59.0 Å². The summed E-state index contributed by atoms with van der Waals surface area (Å²) >= 11 is 12.2. The summed E-state index contributed by atoms with van der Waals surface area (Å²) in [5.74, 6) is 0.0990. The Bertz CT molecular complexity index is 1040. The van der Waals surface area contributed by atoms with Crippen LogP contribution in [0.15, 0.2) is 78.9 Å². The molecule has 0 unspecified atom stereocenters. The molecule has 0 radical (unpaired) electrons. The Balaban J connectivity index is 1.56. The highest BCUT2D eigenvalue weighted by atomic mass is 35.5. The quantitative estimate of drug-likeness (QED) is 0.362. The molecule has 0 saturated carbocycles. The molecular weight excluding hydrogens is 454 g/mol. The first kappa shape index (κ1) is 22.9. The molecule has 3 aromatic rings. The second kappa shape index (κ2) is 9.70. The predicted molar refractivity (Wildman–Crippen MR) is 125 cm³/mol. The fraction of sp³-hybridized carbons (Fsp3) is 0.231. The van der Waals surface area contributed by atoms with Gasteiger partial charge in [-0.2, -0.15) is 13.2 Å². The van der Waals surface area contributed by atoms with Crippen LogP contribution >= 0.6 is 23.2 Å². The molecular formula is C26H22Cl2F3N. The molecule has 0 amide bonds. The third-order valence-corrected chi connectivity index (χ3v) is 6.36. The van der Waals surface area contributed by atoms with Gasteiger partial charge in [0, 0.05) is 35.6 Å². The molecule has 0 atom stereocenters. The van der Waals surface area contributed by atoms with Crippen LogP contribution in [0, 0.1) is 0 Å². The van der Waals surface area contributed by atoms with E-state index in [-0.39, 0.29) is 11.5 Å². The minimum atomic E-state index is -4.36. The van der Waals surface area contributed by atoms with Crippen molar-refractivity contribution in [3.8, 4) is 0 Å². The van der Waals surface area contributed by atoms with E-state index in [0.717, 1.165) is 29.3 Å². The lowest BCUT2D eigenvalue weighted by molar-refractivity contribution is -0.137. The molecule has 3 aromatic carbocycles. The van der Waals surface area contributed by atoms with E-state index in [9.17, 15) is 13.2 Å². The Hall–Kier alpha value is -2.27. The lowest BCUT2D eigenvalue weighted by atomic mass is 9.89. The van der Waals surface area contributed by atoms with Crippen molar-refractivity contribution >= 4 is 28.8 Å². The van der Waals surface area contributed by atoms with E-state index >= 15 is 0 Å². The lowest BCUT2D eigenvalue weighted by Gasteiger charge is -2.31. The number of nitrogens with zero attached hydrogens (tertiary/aromatic N) is 1. The van der Waals surface area contributed by atoms with E-state index in [1.54, 1.807) is 12.1 Å². The van der Waals surface area contributed by atoms with Crippen LogP contribution in [0.3, 0.4) is 0 Å². The Morgan fingerprint density at radius 3 is 1.88 bits per heavy atom. The van der Waals surface area contributed by atoms with E-state index in [0.29, 0.717) is 29.6 Å². The minimum absolute atomic E-state index is 0.0990. The van der Waals surface area contributed by atoms with Gasteiger partial charge in [0.1, 0.15) is 0 Å². The molecule has 32 heavy (non-hydrogen) atoms. The monoisotopic (exact) mass is 475 g/mol. The van der Waals surface area contributed by atoms with Crippen molar-refractivity contribution in [2.24, 2.45) is 0 Å². The summed E-state index contributed by atoms with van der Waals surface area (Å²) < 4.78 is 40.3. The van der Waals surface area contributed by atoms with Crippen LogP contribution in [0.4, 0.5) is 13.2 Å². The highest BCUT2D eigenvalue weighted by Crippen LogP contribution is 2.37. The zero-order valence-corrected chi connectivity index (χ0v) is 18.8. The zero-order chi connectivity index (χ0) is 22.7. The van der Waals surface area contributed by atoms with Crippen molar-refractivity contribution in [1.82, 2.24) is 4.90 Å². The predicted octanol–water partition coefficient (Wildman–Crippen LogP) is 7.93. The van der Waals surface area contributed by atoms with Crippen molar-refractivity contribution < 1.29 is 13.2 Å². The zero-order valence-electron chi connectivity index (χ0n) is 17.2. The van der Waals surface area contributed by atoms with E-state index in [1.165, 1.54) is 6.07 Å². The van der Waals surface area contributed by atoms with Crippen molar-refractivity contribution in [1.29, 1.82) is 0 Å². The Labute approximate surface area is 196 Å². The molecule has 0 N–H and O–H groups in total. The number of hydrogen-bond donors (Lipinski definition) is 0. The van der Waals surface area contributed by atoms with Crippen molar-refractivity contribution in [2.45, 2.75) is 18.5 Å². The maximum Gasteiger partial charge on any atom is 0.416 e. The molecule has 1 heterocycles. The average molecular weight is 476 g/mol. The summed E-state index contributed by atoms with van der Waals surface area (Å²) in [6, 6.07) is 21.4. The molecule has 0 bridgehead atoms. The van der Waals surface area contributed by atoms with Gasteiger partial charge in [0.25, 0.3) is 0 Å². The van der Waals surface area contributed by atoms with E-state index in [4.69, 9.17) is 23.2 Å². The first-order chi connectivity index (χ1) is 15.3. The van der Waals surface area contributed by atoms with Gasteiger partial charge >= 0.3 is 6.18 Å². The molecule has 4 rings (SSSR count). The Kier molecular flexibility index (Phi) is 6.94. The molecule has 1 aliphatic rings. The van der Waals surface area contributed by atoms with E-state index in [1.807, 2.05) is 54.6 Å².